The summed E-state index contributed by atoms with van der Waals surface area (Å²) >= 11 is 5.96. The minimum Gasteiger partial charge on any atom is -0.503 e. The second-order valence-corrected chi connectivity index (χ2v) is 5.83. The van der Waals surface area contributed by atoms with Crippen molar-refractivity contribution >= 4 is 34.7 Å². The minimum atomic E-state index is -0.134. The summed E-state index contributed by atoms with van der Waals surface area (Å²) < 4.78 is 6.56. The van der Waals surface area contributed by atoms with Gasteiger partial charge >= 0.3 is 0 Å². The minimum absolute atomic E-state index is 0.129. The zero-order valence-electron chi connectivity index (χ0n) is 14.2. The van der Waals surface area contributed by atoms with Gasteiger partial charge < -0.3 is 9.84 Å². The number of phenolic OH excluding ortho intramolecular Hbond substituents is 1. The van der Waals surface area contributed by atoms with Crippen LogP contribution in [0.5, 0.6) is 11.5 Å². The molecule has 0 unspecified atom stereocenters. The van der Waals surface area contributed by atoms with E-state index in [0.717, 1.165) is 0 Å². The molecule has 26 heavy (non-hydrogen) atoms. The molecule has 0 aliphatic rings. The van der Waals surface area contributed by atoms with E-state index in [1.165, 1.54) is 17.9 Å². The molecule has 3 aromatic rings. The molecule has 0 aliphatic heterocycles. The van der Waals surface area contributed by atoms with Crippen molar-refractivity contribution in [3.05, 3.63) is 57.3 Å². The number of hydrogen-bond acceptors (Lipinski definition) is 6. The van der Waals surface area contributed by atoms with Crippen molar-refractivity contribution in [3.63, 3.8) is 0 Å². The summed E-state index contributed by atoms with van der Waals surface area (Å²) in [5.41, 5.74) is 3.86. The van der Waals surface area contributed by atoms with Gasteiger partial charge in [0, 0.05) is 6.54 Å². The van der Waals surface area contributed by atoms with Crippen molar-refractivity contribution < 1.29 is 9.84 Å². The van der Waals surface area contributed by atoms with E-state index in [1.807, 2.05) is 13.0 Å². The number of methoxy groups -OCH3 is 1. The molecule has 3 rings (SSSR count). The smallest absolute Gasteiger partial charge is 0.262 e. The molecule has 7 nitrogen and oxygen atoms in total. The number of rotatable bonds is 5. The van der Waals surface area contributed by atoms with E-state index in [9.17, 15) is 9.90 Å². The fraction of sp³-hybridized carbons (Fsp3) is 0.167. The molecule has 0 saturated carbocycles. The summed E-state index contributed by atoms with van der Waals surface area (Å²) in [6.45, 7) is 2.31. The van der Waals surface area contributed by atoms with E-state index in [1.54, 1.807) is 30.3 Å². The first-order valence-corrected chi connectivity index (χ1v) is 8.28. The summed E-state index contributed by atoms with van der Waals surface area (Å²) in [4.78, 5) is 17.0. The highest BCUT2D eigenvalue weighted by molar-refractivity contribution is 6.32. The van der Waals surface area contributed by atoms with Crippen LogP contribution >= 0.6 is 11.6 Å². The van der Waals surface area contributed by atoms with E-state index in [2.05, 4.69) is 15.5 Å². The van der Waals surface area contributed by atoms with Gasteiger partial charge in [-0.15, -0.1) is 0 Å². The maximum atomic E-state index is 12.5. The van der Waals surface area contributed by atoms with Gasteiger partial charge in [-0.3, -0.25) is 9.36 Å². The zero-order valence-corrected chi connectivity index (χ0v) is 15.0. The summed E-state index contributed by atoms with van der Waals surface area (Å²) in [5.74, 6) is 0.452. The molecule has 1 aromatic heterocycles. The third kappa shape index (κ3) is 3.34. The van der Waals surface area contributed by atoms with Crippen molar-refractivity contribution in [1.29, 1.82) is 0 Å². The van der Waals surface area contributed by atoms with Crippen LogP contribution in [0.3, 0.4) is 0 Å². The van der Waals surface area contributed by atoms with Gasteiger partial charge in [-0.25, -0.2) is 10.4 Å². The van der Waals surface area contributed by atoms with Crippen LogP contribution in [-0.4, -0.2) is 28.0 Å². The number of halogens is 1. The predicted molar refractivity (Wildman–Crippen MR) is 103 cm³/mol. The number of aromatic nitrogens is 2. The molecule has 0 aliphatic carbocycles. The topological polar surface area (TPSA) is 88.7 Å². The van der Waals surface area contributed by atoms with Crippen LogP contribution in [0.25, 0.3) is 10.9 Å². The Morgan fingerprint density at radius 1 is 1.38 bits per heavy atom. The molecular weight excluding hydrogens is 356 g/mol. The Labute approximate surface area is 154 Å². The summed E-state index contributed by atoms with van der Waals surface area (Å²) in [5, 5.41) is 14.6. The van der Waals surface area contributed by atoms with Gasteiger partial charge in [0.1, 0.15) is 0 Å². The quantitative estimate of drug-likeness (QED) is 0.530. The Balaban J connectivity index is 1.94. The van der Waals surface area contributed by atoms with Gasteiger partial charge in [0.15, 0.2) is 11.5 Å². The van der Waals surface area contributed by atoms with Crippen LogP contribution in [0.4, 0.5) is 5.95 Å². The number of aromatic hydroxyl groups is 1. The van der Waals surface area contributed by atoms with Crippen LogP contribution in [0.15, 0.2) is 46.3 Å². The monoisotopic (exact) mass is 372 g/mol. The Kier molecular flexibility index (Phi) is 5.09. The molecule has 2 N–H and O–H groups in total. The van der Waals surface area contributed by atoms with Crippen molar-refractivity contribution in [2.45, 2.75) is 13.5 Å². The van der Waals surface area contributed by atoms with Gasteiger partial charge in [0.2, 0.25) is 5.95 Å². The Morgan fingerprint density at radius 3 is 2.88 bits per heavy atom. The lowest BCUT2D eigenvalue weighted by Crippen LogP contribution is -2.23. The Bertz CT molecular complexity index is 1050. The Hall–Kier alpha value is -3.06. The molecule has 8 heteroatoms. The Morgan fingerprint density at radius 2 is 2.15 bits per heavy atom. The summed E-state index contributed by atoms with van der Waals surface area (Å²) in [6.07, 6.45) is 1.50. The standard InChI is InChI=1S/C18H17ClN4O3/c1-3-23-17(25)12-6-4-5-7-14(12)21-18(23)22-20-10-11-8-13(19)16(24)15(9-11)26-2/h4-10,24H,3H2,1-2H3,(H,21,22)/b20-10+. The molecule has 0 atom stereocenters. The van der Waals surface area contributed by atoms with Gasteiger partial charge in [0.05, 0.1) is 29.2 Å². The highest BCUT2D eigenvalue weighted by Gasteiger charge is 2.10. The second-order valence-electron chi connectivity index (χ2n) is 5.43. The van der Waals surface area contributed by atoms with Crippen LogP contribution in [0.2, 0.25) is 5.02 Å². The molecule has 2 aromatic carbocycles. The number of hydrazone groups is 1. The number of para-hydroxylation sites is 1. The zero-order chi connectivity index (χ0) is 18.7. The van der Waals surface area contributed by atoms with E-state index in [4.69, 9.17) is 16.3 Å². The number of nitrogens with zero attached hydrogens (tertiary/aromatic N) is 3. The van der Waals surface area contributed by atoms with E-state index < -0.39 is 0 Å². The largest absolute Gasteiger partial charge is 0.503 e. The lowest BCUT2D eigenvalue weighted by molar-refractivity contribution is 0.373. The van der Waals surface area contributed by atoms with Crippen LogP contribution in [-0.2, 0) is 6.54 Å². The summed E-state index contributed by atoms with van der Waals surface area (Å²) in [6, 6.07) is 10.3. The third-order valence-electron chi connectivity index (χ3n) is 3.83. The molecule has 0 amide bonds. The van der Waals surface area contributed by atoms with Gasteiger partial charge in [-0.2, -0.15) is 5.10 Å². The average Bonchev–Trinajstić information content (AvgIpc) is 2.64. The first kappa shape index (κ1) is 17.8. The fourth-order valence-corrected chi connectivity index (χ4v) is 2.75. The van der Waals surface area contributed by atoms with Crippen molar-refractivity contribution in [2.75, 3.05) is 12.5 Å². The van der Waals surface area contributed by atoms with E-state index in [-0.39, 0.29) is 22.1 Å². The number of phenols is 1. The number of hydrogen-bond donors (Lipinski definition) is 2. The normalized spacial score (nSPS) is 11.2. The SMILES string of the molecule is CCn1c(N/N=C/c2cc(Cl)c(O)c(OC)c2)nc2ccccc2c1=O. The van der Waals surface area contributed by atoms with Crippen LogP contribution in [0, 0.1) is 0 Å². The summed E-state index contributed by atoms with van der Waals surface area (Å²) in [7, 11) is 1.43. The molecule has 0 bridgehead atoms. The number of ether oxygens (including phenoxy) is 1. The van der Waals surface area contributed by atoms with Crippen molar-refractivity contribution in [1.82, 2.24) is 9.55 Å². The maximum absolute atomic E-state index is 12.5. The highest BCUT2D eigenvalue weighted by atomic mass is 35.5. The lowest BCUT2D eigenvalue weighted by Gasteiger charge is -2.10. The van der Waals surface area contributed by atoms with Crippen LogP contribution < -0.4 is 15.7 Å². The molecule has 134 valence electrons. The average molecular weight is 373 g/mol. The maximum Gasteiger partial charge on any atom is 0.262 e. The van der Waals surface area contributed by atoms with E-state index in [0.29, 0.717) is 29.0 Å². The van der Waals surface area contributed by atoms with Gasteiger partial charge in [0.25, 0.3) is 5.56 Å². The molecule has 1 heterocycles. The van der Waals surface area contributed by atoms with Crippen LogP contribution in [0.1, 0.15) is 12.5 Å². The van der Waals surface area contributed by atoms with Crippen molar-refractivity contribution in [2.24, 2.45) is 5.10 Å². The molecular formula is C18H17ClN4O3. The molecule has 0 spiro atoms. The van der Waals surface area contributed by atoms with Gasteiger partial charge in [-0.1, -0.05) is 23.7 Å². The predicted octanol–water partition coefficient (Wildman–Crippen LogP) is 3.23. The van der Waals surface area contributed by atoms with Crippen molar-refractivity contribution in [3.8, 4) is 11.5 Å². The molecule has 0 saturated heterocycles. The second kappa shape index (κ2) is 7.45. The fourth-order valence-electron chi connectivity index (χ4n) is 2.54. The number of benzene rings is 2. The lowest BCUT2D eigenvalue weighted by atomic mass is 10.2. The number of nitrogens with one attached hydrogen (secondary N) is 1. The molecule has 0 fully saturated rings. The first-order chi connectivity index (χ1) is 12.5. The van der Waals surface area contributed by atoms with E-state index >= 15 is 0 Å². The number of fused-ring (bicyclic) bond motifs is 1. The van der Waals surface area contributed by atoms with Gasteiger partial charge in [-0.05, 0) is 36.8 Å². The third-order valence-corrected chi connectivity index (χ3v) is 4.11. The first-order valence-electron chi connectivity index (χ1n) is 7.90. The number of anilines is 1. The molecule has 0 radical (unpaired) electrons. The highest BCUT2D eigenvalue weighted by Crippen LogP contribution is 2.34.